The van der Waals surface area contributed by atoms with Crippen molar-refractivity contribution in [1.29, 1.82) is 0 Å². The van der Waals surface area contributed by atoms with E-state index in [0.29, 0.717) is 23.6 Å². The van der Waals surface area contributed by atoms with Crippen LogP contribution in [-0.2, 0) is 10.0 Å². The van der Waals surface area contributed by atoms with Gasteiger partial charge in [-0.3, -0.25) is 4.79 Å². The summed E-state index contributed by atoms with van der Waals surface area (Å²) in [4.78, 5) is 13.3. The van der Waals surface area contributed by atoms with Gasteiger partial charge < -0.3 is 10.1 Å². The summed E-state index contributed by atoms with van der Waals surface area (Å²) < 4.78 is 32.0. The largest absolute Gasteiger partial charge is 0.493 e. The maximum absolute atomic E-state index is 13.2. The Morgan fingerprint density at radius 3 is 2.27 bits per heavy atom. The predicted molar refractivity (Wildman–Crippen MR) is 120 cm³/mol. The Bertz CT molecular complexity index is 1220. The molecule has 0 aliphatic heterocycles. The average Bonchev–Trinajstić information content (AvgIpc) is 2.70. The van der Waals surface area contributed by atoms with Gasteiger partial charge >= 0.3 is 0 Å². The summed E-state index contributed by atoms with van der Waals surface area (Å²) in [5, 5.41) is 4.78. The molecule has 1 amide bonds. The van der Waals surface area contributed by atoms with E-state index in [1.165, 1.54) is 20.2 Å². The van der Waals surface area contributed by atoms with Crippen molar-refractivity contribution in [3.63, 3.8) is 0 Å². The molecule has 6 nitrogen and oxygen atoms in total. The lowest BCUT2D eigenvalue weighted by atomic mass is 10.0. The van der Waals surface area contributed by atoms with Crippen molar-refractivity contribution < 1.29 is 17.9 Å². The monoisotopic (exact) mass is 426 g/mol. The molecule has 30 heavy (non-hydrogen) atoms. The predicted octanol–water partition coefficient (Wildman–Crippen LogP) is 4.36. The van der Waals surface area contributed by atoms with E-state index in [1.54, 1.807) is 12.1 Å². The molecule has 0 aromatic heterocycles. The first-order valence-electron chi connectivity index (χ1n) is 9.66. The lowest BCUT2D eigenvalue weighted by molar-refractivity contribution is 0.102. The highest BCUT2D eigenvalue weighted by atomic mass is 32.2. The number of hydrogen-bond donors (Lipinski definition) is 1. The van der Waals surface area contributed by atoms with Crippen LogP contribution >= 0.6 is 0 Å². The summed E-state index contributed by atoms with van der Waals surface area (Å²) in [6.07, 6.45) is 0. The molecule has 7 heteroatoms. The Morgan fingerprint density at radius 1 is 1.03 bits per heavy atom. The summed E-state index contributed by atoms with van der Waals surface area (Å²) in [7, 11) is -0.671. The molecule has 0 aliphatic rings. The van der Waals surface area contributed by atoms with Crippen LogP contribution in [0.4, 0.5) is 5.69 Å². The van der Waals surface area contributed by atoms with E-state index in [1.807, 2.05) is 51.1 Å². The Morgan fingerprint density at radius 2 is 1.67 bits per heavy atom. The number of rotatable bonds is 6. The van der Waals surface area contributed by atoms with E-state index in [0.717, 1.165) is 26.2 Å². The summed E-state index contributed by atoms with van der Waals surface area (Å²) in [6, 6.07) is 14.5. The van der Waals surface area contributed by atoms with E-state index >= 15 is 0 Å². The first-order valence-corrected chi connectivity index (χ1v) is 11.1. The summed E-state index contributed by atoms with van der Waals surface area (Å²) in [5.41, 5.74) is 2.43. The zero-order valence-electron chi connectivity index (χ0n) is 17.8. The third-order valence-electron chi connectivity index (χ3n) is 5.06. The molecular weight excluding hydrogens is 400 g/mol. The summed E-state index contributed by atoms with van der Waals surface area (Å²) in [6.45, 7) is 5.95. The molecule has 0 bridgehead atoms. The number of nitrogens with zero attached hydrogens (tertiary/aromatic N) is 1. The van der Waals surface area contributed by atoms with Crippen LogP contribution in [0.25, 0.3) is 10.8 Å². The molecule has 1 N–H and O–H groups in total. The number of benzene rings is 3. The minimum atomic E-state index is -3.63. The highest BCUT2D eigenvalue weighted by Crippen LogP contribution is 2.29. The topological polar surface area (TPSA) is 75.7 Å². The van der Waals surface area contributed by atoms with Gasteiger partial charge in [-0.15, -0.1) is 0 Å². The standard InChI is InChI=1S/C23H26N2O4S/c1-6-29-22-13-18-10-8-7-9-17(18)12-20(22)23(26)24-21-14-19(11-15(2)16(21)3)30(27,28)25(4)5/h7-14H,6H2,1-5H3,(H,24,26). The van der Waals surface area contributed by atoms with Crippen LogP contribution < -0.4 is 10.1 Å². The molecular formula is C23H26N2O4S. The number of amides is 1. The first-order chi connectivity index (χ1) is 14.1. The fourth-order valence-electron chi connectivity index (χ4n) is 3.18. The van der Waals surface area contributed by atoms with Gasteiger partial charge in [0.2, 0.25) is 10.0 Å². The second-order valence-electron chi connectivity index (χ2n) is 7.28. The molecule has 0 unspecified atom stereocenters. The number of fused-ring (bicyclic) bond motifs is 1. The third-order valence-corrected chi connectivity index (χ3v) is 6.85. The number of anilines is 1. The zero-order chi connectivity index (χ0) is 22.1. The lowest BCUT2D eigenvalue weighted by Gasteiger charge is -2.17. The highest BCUT2D eigenvalue weighted by molar-refractivity contribution is 7.89. The molecule has 0 saturated heterocycles. The van der Waals surface area contributed by atoms with Gasteiger partial charge in [-0.05, 0) is 66.9 Å². The normalized spacial score (nSPS) is 11.7. The van der Waals surface area contributed by atoms with E-state index in [4.69, 9.17) is 4.74 Å². The average molecular weight is 427 g/mol. The number of sulfonamides is 1. The van der Waals surface area contributed by atoms with Crippen molar-refractivity contribution >= 4 is 32.4 Å². The maximum atomic E-state index is 13.2. The van der Waals surface area contributed by atoms with Gasteiger partial charge in [0.25, 0.3) is 5.91 Å². The quantitative estimate of drug-likeness (QED) is 0.636. The molecule has 0 radical (unpaired) electrons. The summed E-state index contributed by atoms with van der Waals surface area (Å²) >= 11 is 0. The number of aryl methyl sites for hydroxylation is 1. The molecule has 3 aromatic carbocycles. The minimum absolute atomic E-state index is 0.134. The number of carbonyl (C=O) groups excluding carboxylic acids is 1. The van der Waals surface area contributed by atoms with Crippen molar-refractivity contribution in [2.75, 3.05) is 26.0 Å². The number of ether oxygens (including phenoxy) is 1. The second-order valence-corrected chi connectivity index (χ2v) is 9.43. The molecule has 0 heterocycles. The van der Waals surface area contributed by atoms with Crippen molar-refractivity contribution in [3.8, 4) is 5.75 Å². The van der Waals surface area contributed by atoms with E-state index < -0.39 is 10.0 Å². The Hall–Kier alpha value is -2.90. The van der Waals surface area contributed by atoms with Crippen LogP contribution in [0.5, 0.6) is 5.75 Å². The Labute approximate surface area is 177 Å². The zero-order valence-corrected chi connectivity index (χ0v) is 18.6. The third kappa shape index (κ3) is 4.17. The van der Waals surface area contributed by atoms with Gasteiger partial charge in [-0.1, -0.05) is 24.3 Å². The van der Waals surface area contributed by atoms with Gasteiger partial charge in [-0.2, -0.15) is 0 Å². The Balaban J connectivity index is 2.06. The molecule has 0 fully saturated rings. The van der Waals surface area contributed by atoms with Crippen molar-refractivity contribution in [2.45, 2.75) is 25.7 Å². The van der Waals surface area contributed by atoms with E-state index in [-0.39, 0.29) is 10.8 Å². The van der Waals surface area contributed by atoms with Gasteiger partial charge in [0.15, 0.2) is 0 Å². The number of carbonyl (C=O) groups is 1. The molecule has 0 atom stereocenters. The van der Waals surface area contributed by atoms with Gasteiger partial charge in [0.05, 0.1) is 17.1 Å². The minimum Gasteiger partial charge on any atom is -0.493 e. The molecule has 158 valence electrons. The van der Waals surface area contributed by atoms with E-state index in [2.05, 4.69) is 5.32 Å². The highest BCUT2D eigenvalue weighted by Gasteiger charge is 2.21. The molecule has 3 rings (SSSR count). The first kappa shape index (κ1) is 21.8. The van der Waals surface area contributed by atoms with E-state index in [9.17, 15) is 13.2 Å². The van der Waals surface area contributed by atoms with Gasteiger partial charge in [-0.25, -0.2) is 12.7 Å². The lowest BCUT2D eigenvalue weighted by Crippen LogP contribution is -2.23. The van der Waals surface area contributed by atoms with Crippen LogP contribution in [0, 0.1) is 13.8 Å². The van der Waals surface area contributed by atoms with Gasteiger partial charge in [0.1, 0.15) is 5.75 Å². The van der Waals surface area contributed by atoms with Crippen LogP contribution in [0.3, 0.4) is 0 Å². The van der Waals surface area contributed by atoms with Crippen LogP contribution in [0.1, 0.15) is 28.4 Å². The fourth-order valence-corrected chi connectivity index (χ4v) is 4.19. The smallest absolute Gasteiger partial charge is 0.259 e. The number of hydrogen-bond acceptors (Lipinski definition) is 4. The van der Waals surface area contributed by atoms with Crippen molar-refractivity contribution in [3.05, 3.63) is 65.2 Å². The molecule has 0 aliphatic carbocycles. The number of nitrogens with one attached hydrogen (secondary N) is 1. The fraction of sp³-hybridized carbons (Fsp3) is 0.261. The second kappa shape index (κ2) is 8.45. The van der Waals surface area contributed by atoms with Crippen LogP contribution in [0.15, 0.2) is 53.4 Å². The van der Waals surface area contributed by atoms with Crippen molar-refractivity contribution in [1.82, 2.24) is 4.31 Å². The molecule has 3 aromatic rings. The van der Waals surface area contributed by atoms with Crippen LogP contribution in [-0.4, -0.2) is 39.3 Å². The molecule has 0 spiro atoms. The summed E-state index contributed by atoms with van der Waals surface area (Å²) in [5.74, 6) is 0.131. The Kier molecular flexibility index (Phi) is 6.14. The SMILES string of the molecule is CCOc1cc2ccccc2cc1C(=O)Nc1cc(S(=O)(=O)N(C)C)cc(C)c1C. The van der Waals surface area contributed by atoms with Crippen LogP contribution in [0.2, 0.25) is 0 Å². The molecule has 0 saturated carbocycles. The van der Waals surface area contributed by atoms with Crippen molar-refractivity contribution in [2.24, 2.45) is 0 Å². The van der Waals surface area contributed by atoms with Gasteiger partial charge in [0, 0.05) is 19.8 Å². The maximum Gasteiger partial charge on any atom is 0.259 e.